The summed E-state index contributed by atoms with van der Waals surface area (Å²) in [5, 5.41) is 8.36. The molecule has 0 fully saturated rings. The first-order chi connectivity index (χ1) is 7.57. The molecule has 0 saturated heterocycles. The second-order valence-corrected chi connectivity index (χ2v) is 3.11. The Morgan fingerprint density at radius 3 is 2.19 bits per heavy atom. The van der Waals surface area contributed by atoms with Crippen molar-refractivity contribution in [2.75, 3.05) is 0 Å². The molecule has 1 heterocycles. The van der Waals surface area contributed by atoms with E-state index in [1.54, 1.807) is 0 Å². The molecule has 0 radical (unpaired) electrons. The van der Waals surface area contributed by atoms with E-state index in [-0.39, 0.29) is 11.5 Å². The number of aromatic nitrogens is 1. The zero-order chi connectivity index (χ0) is 12.4. The lowest BCUT2D eigenvalue weighted by Crippen LogP contribution is -2.09. The lowest BCUT2D eigenvalue weighted by Gasteiger charge is -1.87. The second-order valence-electron chi connectivity index (χ2n) is 3.11. The van der Waals surface area contributed by atoms with Gasteiger partial charge in [-0.2, -0.15) is 0 Å². The van der Waals surface area contributed by atoms with E-state index in [0.717, 1.165) is 12.8 Å². The first-order valence-corrected chi connectivity index (χ1v) is 4.99. The van der Waals surface area contributed by atoms with Gasteiger partial charge < -0.3 is 10.8 Å². The average molecular weight is 224 g/mol. The number of rotatable bonds is 4. The lowest BCUT2D eigenvalue weighted by atomic mass is 10.2. The molecule has 1 amide bonds. The predicted molar refractivity (Wildman–Crippen MR) is 59.9 cm³/mol. The lowest BCUT2D eigenvalue weighted by molar-refractivity contribution is -0.118. The summed E-state index contributed by atoms with van der Waals surface area (Å²) in [6, 6.07) is 2.89. The first-order valence-electron chi connectivity index (χ1n) is 4.99. The molecule has 16 heavy (non-hydrogen) atoms. The van der Waals surface area contributed by atoms with Crippen molar-refractivity contribution in [2.24, 2.45) is 5.73 Å². The maximum Gasteiger partial charge on any atom is 0.335 e. The molecule has 5 heteroatoms. The Kier molecular flexibility index (Phi) is 7.40. The molecule has 0 aliphatic rings. The summed E-state index contributed by atoms with van der Waals surface area (Å²) >= 11 is 0. The number of nitrogens with two attached hydrogens (primary N) is 1. The fourth-order valence-electron chi connectivity index (χ4n) is 0.845. The van der Waals surface area contributed by atoms with Gasteiger partial charge in [-0.15, -0.1) is 0 Å². The molecule has 1 aromatic rings. The number of primary amides is 1. The Bertz CT molecular complexity index is 325. The molecule has 0 aliphatic carbocycles. The van der Waals surface area contributed by atoms with E-state index in [0.29, 0.717) is 6.42 Å². The van der Waals surface area contributed by atoms with Gasteiger partial charge in [0.1, 0.15) is 0 Å². The Morgan fingerprint density at radius 1 is 1.38 bits per heavy atom. The Hall–Kier alpha value is -1.91. The summed E-state index contributed by atoms with van der Waals surface area (Å²) < 4.78 is 0. The van der Waals surface area contributed by atoms with Crippen LogP contribution in [0.3, 0.4) is 0 Å². The van der Waals surface area contributed by atoms with Crippen LogP contribution >= 0.6 is 0 Å². The van der Waals surface area contributed by atoms with Gasteiger partial charge >= 0.3 is 5.97 Å². The highest BCUT2D eigenvalue weighted by Crippen LogP contribution is 1.93. The number of unbranched alkanes of at least 4 members (excludes halogenated alkanes) is 1. The monoisotopic (exact) mass is 224 g/mol. The van der Waals surface area contributed by atoms with Crippen LogP contribution in [-0.4, -0.2) is 22.0 Å². The quantitative estimate of drug-likeness (QED) is 0.809. The zero-order valence-corrected chi connectivity index (χ0v) is 9.22. The third-order valence-electron chi connectivity index (χ3n) is 1.70. The number of amides is 1. The Balaban J connectivity index is 0.000000293. The van der Waals surface area contributed by atoms with Gasteiger partial charge in [0.05, 0.1) is 5.56 Å². The highest BCUT2D eigenvalue weighted by atomic mass is 16.4. The van der Waals surface area contributed by atoms with Crippen molar-refractivity contribution in [3.05, 3.63) is 30.1 Å². The number of carbonyl (C=O) groups is 2. The van der Waals surface area contributed by atoms with Crippen molar-refractivity contribution >= 4 is 11.9 Å². The highest BCUT2D eigenvalue weighted by molar-refractivity contribution is 5.87. The minimum Gasteiger partial charge on any atom is -0.478 e. The van der Waals surface area contributed by atoms with Gasteiger partial charge in [-0.3, -0.25) is 9.78 Å². The van der Waals surface area contributed by atoms with Gasteiger partial charge in [0.15, 0.2) is 0 Å². The number of hydrogen-bond donors (Lipinski definition) is 2. The van der Waals surface area contributed by atoms with Gasteiger partial charge in [-0.05, 0) is 18.6 Å². The Labute approximate surface area is 94.3 Å². The van der Waals surface area contributed by atoms with Gasteiger partial charge in [0.25, 0.3) is 0 Å². The van der Waals surface area contributed by atoms with Crippen molar-refractivity contribution in [1.29, 1.82) is 0 Å². The van der Waals surface area contributed by atoms with Crippen molar-refractivity contribution in [1.82, 2.24) is 4.98 Å². The fourth-order valence-corrected chi connectivity index (χ4v) is 0.845. The minimum absolute atomic E-state index is 0.193. The number of carboxylic acid groups (broad SMARTS) is 1. The molecule has 3 N–H and O–H groups in total. The number of nitrogens with zero attached hydrogens (tertiary/aromatic N) is 1. The normalized spacial score (nSPS) is 8.81. The van der Waals surface area contributed by atoms with E-state index >= 15 is 0 Å². The topological polar surface area (TPSA) is 93.3 Å². The van der Waals surface area contributed by atoms with Crippen LogP contribution in [-0.2, 0) is 4.79 Å². The van der Waals surface area contributed by atoms with Crippen LogP contribution in [0.1, 0.15) is 36.5 Å². The smallest absolute Gasteiger partial charge is 0.335 e. The van der Waals surface area contributed by atoms with Crippen LogP contribution in [0.2, 0.25) is 0 Å². The van der Waals surface area contributed by atoms with Gasteiger partial charge in [-0.25, -0.2) is 4.79 Å². The first kappa shape index (κ1) is 14.1. The van der Waals surface area contributed by atoms with Crippen LogP contribution < -0.4 is 5.73 Å². The van der Waals surface area contributed by atoms with E-state index in [9.17, 15) is 9.59 Å². The molecule has 0 saturated carbocycles. The molecule has 0 aromatic carbocycles. The molecule has 5 nitrogen and oxygen atoms in total. The van der Waals surface area contributed by atoms with E-state index in [4.69, 9.17) is 10.8 Å². The van der Waals surface area contributed by atoms with Crippen molar-refractivity contribution in [2.45, 2.75) is 26.2 Å². The van der Waals surface area contributed by atoms with E-state index in [1.165, 1.54) is 24.5 Å². The fraction of sp³-hybridized carbons (Fsp3) is 0.364. The number of hydrogen-bond acceptors (Lipinski definition) is 3. The van der Waals surface area contributed by atoms with Gasteiger partial charge in [0, 0.05) is 18.8 Å². The summed E-state index contributed by atoms with van der Waals surface area (Å²) in [4.78, 5) is 23.8. The third-order valence-corrected chi connectivity index (χ3v) is 1.70. The van der Waals surface area contributed by atoms with Gasteiger partial charge in [-0.1, -0.05) is 13.3 Å². The van der Waals surface area contributed by atoms with Crippen LogP contribution in [0.15, 0.2) is 24.5 Å². The maximum absolute atomic E-state index is 10.2. The second kappa shape index (κ2) is 8.40. The van der Waals surface area contributed by atoms with E-state index < -0.39 is 5.97 Å². The molecule has 1 aromatic heterocycles. The van der Waals surface area contributed by atoms with E-state index in [1.807, 2.05) is 6.92 Å². The molecule has 0 unspecified atom stereocenters. The molecule has 0 bridgehead atoms. The highest BCUT2D eigenvalue weighted by Gasteiger charge is 1.97. The van der Waals surface area contributed by atoms with Gasteiger partial charge in [0.2, 0.25) is 5.91 Å². The number of pyridine rings is 1. The Morgan fingerprint density at radius 2 is 1.94 bits per heavy atom. The van der Waals surface area contributed by atoms with E-state index in [2.05, 4.69) is 4.98 Å². The maximum atomic E-state index is 10.2. The molecule has 0 atom stereocenters. The molecular formula is C11H16N2O3. The van der Waals surface area contributed by atoms with Crippen molar-refractivity contribution in [3.63, 3.8) is 0 Å². The van der Waals surface area contributed by atoms with Crippen LogP contribution in [0, 0.1) is 0 Å². The summed E-state index contributed by atoms with van der Waals surface area (Å²) in [7, 11) is 0. The molecule has 0 spiro atoms. The standard InChI is InChI=1S/C6H5NO2.C5H11NO/c8-6(9)5-1-3-7-4-2-5;1-2-3-4-5(6)7/h1-4H,(H,8,9);2-4H2,1H3,(H2,6,7). The average Bonchev–Trinajstić information content (AvgIpc) is 2.28. The number of aromatic carboxylic acids is 1. The summed E-state index contributed by atoms with van der Waals surface area (Å²) in [6.07, 6.45) is 5.40. The third kappa shape index (κ3) is 7.49. The molecule has 88 valence electrons. The molecular weight excluding hydrogens is 208 g/mol. The van der Waals surface area contributed by atoms with Crippen LogP contribution in [0.25, 0.3) is 0 Å². The molecule has 1 rings (SSSR count). The van der Waals surface area contributed by atoms with Crippen LogP contribution in [0.5, 0.6) is 0 Å². The predicted octanol–water partition coefficient (Wildman–Crippen LogP) is 1.44. The number of carboxylic acids is 1. The minimum atomic E-state index is -0.919. The number of carbonyl (C=O) groups excluding carboxylic acids is 1. The summed E-state index contributed by atoms with van der Waals surface area (Å²) in [6.45, 7) is 2.03. The van der Waals surface area contributed by atoms with Crippen LogP contribution in [0.4, 0.5) is 0 Å². The summed E-state index contributed by atoms with van der Waals surface area (Å²) in [5.74, 6) is -1.11. The SMILES string of the molecule is CCCCC(N)=O.O=C(O)c1ccncc1. The summed E-state index contributed by atoms with van der Waals surface area (Å²) in [5.41, 5.74) is 5.11. The largest absolute Gasteiger partial charge is 0.478 e. The zero-order valence-electron chi connectivity index (χ0n) is 9.22. The van der Waals surface area contributed by atoms with Crippen molar-refractivity contribution in [3.8, 4) is 0 Å². The van der Waals surface area contributed by atoms with Crippen molar-refractivity contribution < 1.29 is 14.7 Å². The molecule has 0 aliphatic heterocycles.